The van der Waals surface area contributed by atoms with E-state index in [-0.39, 0.29) is 17.1 Å². The van der Waals surface area contributed by atoms with Crippen LogP contribution in [0.5, 0.6) is 0 Å². The van der Waals surface area contributed by atoms with Crippen LogP contribution in [-0.2, 0) is 11.1 Å². The van der Waals surface area contributed by atoms with Crippen molar-refractivity contribution in [3.63, 3.8) is 0 Å². The zero-order valence-electron chi connectivity index (χ0n) is 8.50. The second-order valence-electron chi connectivity index (χ2n) is 4.50. The summed E-state index contributed by atoms with van der Waals surface area (Å²) in [5.74, 6) is 0.481. The van der Waals surface area contributed by atoms with E-state index in [0.29, 0.717) is 0 Å². The van der Waals surface area contributed by atoms with E-state index in [9.17, 15) is 8.76 Å². The predicted octanol–water partition coefficient (Wildman–Crippen LogP) is 2.25. The van der Waals surface area contributed by atoms with Gasteiger partial charge in [-0.3, -0.25) is 4.21 Å². The summed E-state index contributed by atoms with van der Waals surface area (Å²) in [6.07, 6.45) is 4.34. The van der Waals surface area contributed by atoms with Gasteiger partial charge in [-0.25, -0.2) is 0 Å². The Morgan fingerprint density at radius 3 is 2.77 bits per heavy atom. The number of hydrogen-bond donors (Lipinski definition) is 0. The summed E-state index contributed by atoms with van der Waals surface area (Å²) < 4.78 is 21.3. The van der Waals surface area contributed by atoms with Crippen LogP contribution in [0.3, 0.4) is 0 Å². The van der Waals surface area contributed by atoms with Gasteiger partial charge in [0.15, 0.2) is 0 Å². The highest BCUT2D eigenvalue weighted by Gasteiger charge is 2.32. The fourth-order valence-electron chi connectivity index (χ4n) is 2.10. The third-order valence-electron chi connectivity index (χ3n) is 3.05. The van der Waals surface area contributed by atoms with E-state index < -0.39 is 11.1 Å². The van der Waals surface area contributed by atoms with Crippen LogP contribution in [0.1, 0.15) is 33.6 Å². The van der Waals surface area contributed by atoms with Crippen LogP contribution in [0, 0.1) is 11.3 Å². The summed E-state index contributed by atoms with van der Waals surface area (Å²) in [5, 5.41) is 0. The van der Waals surface area contributed by atoms with Crippen molar-refractivity contribution in [2.75, 3.05) is 5.75 Å². The van der Waals surface area contributed by atoms with Crippen molar-refractivity contribution in [1.29, 1.82) is 0 Å². The van der Waals surface area contributed by atoms with Gasteiger partial charge in [0.25, 0.3) is 0 Å². The van der Waals surface area contributed by atoms with E-state index in [0.717, 1.165) is 12.8 Å². The van der Waals surface area contributed by atoms with Gasteiger partial charge in [0.2, 0.25) is 0 Å². The highest BCUT2D eigenvalue weighted by molar-refractivity contribution is 7.79. The zero-order chi connectivity index (χ0) is 10.1. The number of rotatable bonds is 2. The highest BCUT2D eigenvalue weighted by Crippen LogP contribution is 2.40. The Bertz CT molecular complexity index is 243. The van der Waals surface area contributed by atoms with Crippen molar-refractivity contribution in [3.05, 3.63) is 11.6 Å². The molecule has 0 fully saturated rings. The van der Waals surface area contributed by atoms with Gasteiger partial charge in [-0.15, -0.1) is 0 Å². The molecule has 1 aliphatic rings. The van der Waals surface area contributed by atoms with Crippen LogP contribution in [0.2, 0.25) is 0 Å². The van der Waals surface area contributed by atoms with Crippen LogP contribution in [-0.4, -0.2) is 14.5 Å². The Balaban J connectivity index is 2.81. The molecule has 3 heteroatoms. The van der Waals surface area contributed by atoms with Crippen molar-refractivity contribution >= 4 is 11.1 Å². The minimum Gasteiger partial charge on any atom is -0.772 e. The monoisotopic (exact) mass is 201 g/mol. The third kappa shape index (κ3) is 2.64. The molecule has 0 saturated carbocycles. The molecule has 76 valence electrons. The van der Waals surface area contributed by atoms with Gasteiger partial charge in [0, 0.05) is 5.75 Å². The van der Waals surface area contributed by atoms with Gasteiger partial charge in [0.1, 0.15) is 0 Å². The van der Waals surface area contributed by atoms with Crippen molar-refractivity contribution in [2.45, 2.75) is 33.6 Å². The Hall–Kier alpha value is -0.150. The molecule has 2 atom stereocenters. The SMILES string of the molecule is CC1=CCCC(C)(C)C1CS(=O)[O-]. The summed E-state index contributed by atoms with van der Waals surface area (Å²) in [6.45, 7) is 6.35. The highest BCUT2D eigenvalue weighted by atomic mass is 32.2. The van der Waals surface area contributed by atoms with Crippen LogP contribution in [0.25, 0.3) is 0 Å². The first kappa shape index (κ1) is 10.9. The maximum absolute atomic E-state index is 10.7. The molecule has 0 aromatic carbocycles. The van der Waals surface area contributed by atoms with Crippen molar-refractivity contribution in [3.8, 4) is 0 Å². The standard InChI is InChI=1S/C10H18O2S/c1-8-5-4-6-10(2,3)9(8)7-13(11)12/h5,9H,4,6-7H2,1-3H3,(H,11,12)/p-1. The van der Waals surface area contributed by atoms with Crippen LogP contribution in [0.15, 0.2) is 11.6 Å². The van der Waals surface area contributed by atoms with E-state index in [1.807, 2.05) is 6.92 Å². The minimum atomic E-state index is -1.92. The molecule has 0 aliphatic heterocycles. The van der Waals surface area contributed by atoms with Crippen molar-refractivity contribution in [1.82, 2.24) is 0 Å². The summed E-state index contributed by atoms with van der Waals surface area (Å²) in [6, 6.07) is 0. The van der Waals surface area contributed by atoms with E-state index in [1.54, 1.807) is 0 Å². The van der Waals surface area contributed by atoms with Gasteiger partial charge >= 0.3 is 0 Å². The van der Waals surface area contributed by atoms with Gasteiger partial charge in [0.05, 0.1) is 0 Å². The molecule has 2 unspecified atom stereocenters. The quantitative estimate of drug-likeness (QED) is 0.508. The fourth-order valence-corrected chi connectivity index (χ4v) is 3.08. The molecule has 2 nitrogen and oxygen atoms in total. The summed E-state index contributed by atoms with van der Waals surface area (Å²) in [5.41, 5.74) is 1.37. The third-order valence-corrected chi connectivity index (χ3v) is 3.66. The molecule has 0 spiro atoms. The summed E-state index contributed by atoms with van der Waals surface area (Å²) >= 11 is -1.92. The Morgan fingerprint density at radius 1 is 1.69 bits per heavy atom. The molecule has 0 saturated heterocycles. The Morgan fingerprint density at radius 2 is 2.31 bits per heavy atom. The molecule has 0 heterocycles. The van der Waals surface area contributed by atoms with Gasteiger partial charge in [-0.05, 0) is 31.1 Å². The average Bonchev–Trinajstić information content (AvgIpc) is 1.96. The first-order valence-corrected chi connectivity index (χ1v) is 5.90. The van der Waals surface area contributed by atoms with Crippen molar-refractivity contribution < 1.29 is 8.76 Å². The number of allylic oxidation sites excluding steroid dienone is 2. The van der Waals surface area contributed by atoms with Gasteiger partial charge in [-0.1, -0.05) is 36.6 Å². The molecule has 0 N–H and O–H groups in total. The first-order chi connectivity index (χ1) is 5.93. The molecule has 1 rings (SSSR count). The average molecular weight is 201 g/mol. The first-order valence-electron chi connectivity index (χ1n) is 4.66. The lowest BCUT2D eigenvalue weighted by Crippen LogP contribution is -2.32. The number of hydrogen-bond acceptors (Lipinski definition) is 2. The van der Waals surface area contributed by atoms with E-state index in [1.165, 1.54) is 5.57 Å². The lowest BCUT2D eigenvalue weighted by molar-refractivity contribution is 0.232. The lowest BCUT2D eigenvalue weighted by Gasteiger charge is -2.38. The molecule has 0 radical (unpaired) electrons. The maximum atomic E-state index is 10.7. The largest absolute Gasteiger partial charge is 0.772 e. The molecule has 0 bridgehead atoms. The van der Waals surface area contributed by atoms with Crippen LogP contribution >= 0.6 is 0 Å². The zero-order valence-corrected chi connectivity index (χ0v) is 9.32. The molecular weight excluding hydrogens is 184 g/mol. The minimum absolute atomic E-state index is 0.138. The predicted molar refractivity (Wildman–Crippen MR) is 54.0 cm³/mol. The molecule has 1 aliphatic carbocycles. The van der Waals surface area contributed by atoms with Crippen molar-refractivity contribution in [2.24, 2.45) is 11.3 Å². The second kappa shape index (κ2) is 3.93. The Kier molecular flexibility index (Phi) is 3.30. The van der Waals surface area contributed by atoms with E-state index in [2.05, 4.69) is 19.9 Å². The smallest absolute Gasteiger partial charge is 0.0172 e. The van der Waals surface area contributed by atoms with Gasteiger partial charge < -0.3 is 4.55 Å². The van der Waals surface area contributed by atoms with E-state index >= 15 is 0 Å². The molecule has 0 aromatic rings. The molecule has 13 heavy (non-hydrogen) atoms. The summed E-state index contributed by atoms with van der Waals surface area (Å²) in [4.78, 5) is 0. The molecular formula is C10H17O2S-. The second-order valence-corrected chi connectivity index (χ2v) is 5.44. The van der Waals surface area contributed by atoms with Crippen LogP contribution < -0.4 is 0 Å². The molecule has 0 aromatic heterocycles. The fraction of sp³-hybridized carbons (Fsp3) is 0.800. The van der Waals surface area contributed by atoms with E-state index in [4.69, 9.17) is 0 Å². The summed E-state index contributed by atoms with van der Waals surface area (Å²) in [7, 11) is 0. The normalized spacial score (nSPS) is 29.5. The topological polar surface area (TPSA) is 40.1 Å². The Labute approximate surface area is 82.7 Å². The van der Waals surface area contributed by atoms with Crippen LogP contribution in [0.4, 0.5) is 0 Å². The maximum Gasteiger partial charge on any atom is 0.0172 e. The lowest BCUT2D eigenvalue weighted by atomic mass is 9.70. The van der Waals surface area contributed by atoms with Gasteiger partial charge in [-0.2, -0.15) is 0 Å². The molecule has 0 amide bonds.